The van der Waals surface area contributed by atoms with Gasteiger partial charge in [0.25, 0.3) is 0 Å². The molecule has 2 N–H and O–H groups in total. The topological polar surface area (TPSA) is 78.0 Å². The number of nitrogens with one attached hydrogen (secondary N) is 2. The van der Waals surface area contributed by atoms with Crippen molar-refractivity contribution in [3.8, 4) is 6.07 Å². The number of rotatable bonds is 3. The molecule has 6 nitrogen and oxygen atoms in total. The quantitative estimate of drug-likeness (QED) is 0.750. The number of aromatic nitrogens is 3. The minimum atomic E-state index is -0.468. The van der Waals surface area contributed by atoms with Crippen LogP contribution in [0.5, 0.6) is 0 Å². The Labute approximate surface area is 155 Å². The summed E-state index contributed by atoms with van der Waals surface area (Å²) >= 11 is 0. The van der Waals surface area contributed by atoms with E-state index in [0.29, 0.717) is 5.92 Å². The number of nitriles is 1. The van der Waals surface area contributed by atoms with Crippen molar-refractivity contribution >= 4 is 11.2 Å². The van der Waals surface area contributed by atoms with Crippen LogP contribution in [0, 0.1) is 17.1 Å². The minimum absolute atomic E-state index is 0.101. The Morgan fingerprint density at radius 1 is 1.26 bits per heavy atom. The highest BCUT2D eigenvalue weighted by molar-refractivity contribution is 5.67. The first-order valence-electron chi connectivity index (χ1n) is 8.92. The smallest absolute Gasteiger partial charge is 0.156 e. The van der Waals surface area contributed by atoms with Crippen LogP contribution in [0.25, 0.3) is 11.2 Å². The molecule has 1 aromatic carbocycles. The Morgan fingerprint density at radius 2 is 2.19 bits per heavy atom. The van der Waals surface area contributed by atoms with Gasteiger partial charge in [-0.1, -0.05) is 6.07 Å². The predicted octanol–water partition coefficient (Wildman–Crippen LogP) is 2.50. The van der Waals surface area contributed by atoms with Gasteiger partial charge in [-0.3, -0.25) is 5.32 Å². The molecule has 3 heterocycles. The van der Waals surface area contributed by atoms with E-state index in [1.165, 1.54) is 6.07 Å². The highest BCUT2D eigenvalue weighted by Gasteiger charge is 2.41. The van der Waals surface area contributed by atoms with Crippen molar-refractivity contribution in [2.24, 2.45) is 0 Å². The van der Waals surface area contributed by atoms with Gasteiger partial charge in [0.05, 0.1) is 17.9 Å². The Kier molecular flexibility index (Phi) is 3.66. The Balaban J connectivity index is 1.53. The Hall–Kier alpha value is -3.24. The van der Waals surface area contributed by atoms with E-state index in [9.17, 15) is 4.39 Å². The number of nitrogens with zero attached hydrogens (tertiary/aromatic N) is 4. The van der Waals surface area contributed by atoms with Gasteiger partial charge in [-0.25, -0.2) is 13.9 Å². The minimum Gasteiger partial charge on any atom is -0.378 e. The zero-order chi connectivity index (χ0) is 18.4. The molecule has 0 amide bonds. The summed E-state index contributed by atoms with van der Waals surface area (Å²) < 4.78 is 15.5. The summed E-state index contributed by atoms with van der Waals surface area (Å²) in [7, 11) is 0. The van der Waals surface area contributed by atoms with E-state index in [-0.39, 0.29) is 11.5 Å². The SMILES string of the molecule is N#Cc1cc([C@@H]2C[C@H]2c2cc(C3=CNCNC3)nn3ccnc23)ccc1F. The maximum atomic E-state index is 13.6. The zero-order valence-corrected chi connectivity index (χ0v) is 14.5. The lowest BCUT2D eigenvalue weighted by Gasteiger charge is -2.16. The molecule has 2 atom stereocenters. The number of benzene rings is 1. The second-order valence-electron chi connectivity index (χ2n) is 6.96. The van der Waals surface area contributed by atoms with Gasteiger partial charge in [0.1, 0.15) is 11.9 Å². The molecule has 5 rings (SSSR count). The van der Waals surface area contributed by atoms with Gasteiger partial charge in [0, 0.05) is 36.3 Å². The molecule has 7 heteroatoms. The molecule has 1 aliphatic carbocycles. The number of fused-ring (bicyclic) bond motifs is 1. The summed E-state index contributed by atoms with van der Waals surface area (Å²) in [4.78, 5) is 4.48. The molecule has 1 aliphatic heterocycles. The monoisotopic (exact) mass is 360 g/mol. The average Bonchev–Trinajstić information content (AvgIpc) is 3.36. The fraction of sp³-hybridized carbons (Fsp3) is 0.250. The third-order valence-electron chi connectivity index (χ3n) is 5.26. The van der Waals surface area contributed by atoms with Crippen molar-refractivity contribution in [2.45, 2.75) is 18.3 Å². The first-order valence-corrected chi connectivity index (χ1v) is 8.92. The van der Waals surface area contributed by atoms with Gasteiger partial charge < -0.3 is 5.32 Å². The number of hydrogen-bond acceptors (Lipinski definition) is 5. The largest absolute Gasteiger partial charge is 0.378 e. The van der Waals surface area contributed by atoms with E-state index in [2.05, 4.69) is 26.8 Å². The fourth-order valence-corrected chi connectivity index (χ4v) is 3.80. The van der Waals surface area contributed by atoms with Gasteiger partial charge in [0.2, 0.25) is 0 Å². The first kappa shape index (κ1) is 16.0. The van der Waals surface area contributed by atoms with E-state index in [1.54, 1.807) is 18.3 Å². The summed E-state index contributed by atoms with van der Waals surface area (Å²) in [5.74, 6) is 0.0910. The van der Waals surface area contributed by atoms with E-state index >= 15 is 0 Å². The van der Waals surface area contributed by atoms with Crippen LogP contribution in [0.2, 0.25) is 0 Å². The van der Waals surface area contributed by atoms with E-state index in [1.807, 2.05) is 23.0 Å². The van der Waals surface area contributed by atoms with Gasteiger partial charge in [-0.05, 0) is 42.0 Å². The first-order chi connectivity index (χ1) is 13.2. The lowest BCUT2D eigenvalue weighted by molar-refractivity contribution is 0.623. The molecule has 2 aromatic heterocycles. The van der Waals surface area contributed by atoms with Crippen LogP contribution in [0.15, 0.2) is 42.9 Å². The predicted molar refractivity (Wildman–Crippen MR) is 98.2 cm³/mol. The number of halogens is 1. The highest BCUT2D eigenvalue weighted by Crippen LogP contribution is 2.55. The normalized spacial score (nSPS) is 21.4. The summed E-state index contributed by atoms with van der Waals surface area (Å²) in [5.41, 5.74) is 5.11. The van der Waals surface area contributed by atoms with Gasteiger partial charge in [0.15, 0.2) is 5.65 Å². The van der Waals surface area contributed by atoms with Gasteiger partial charge in [-0.15, -0.1) is 0 Å². The van der Waals surface area contributed by atoms with Crippen LogP contribution in [0.3, 0.4) is 0 Å². The van der Waals surface area contributed by atoms with Crippen LogP contribution in [0.4, 0.5) is 4.39 Å². The Bertz CT molecular complexity index is 1110. The van der Waals surface area contributed by atoms with Crippen LogP contribution in [-0.2, 0) is 0 Å². The van der Waals surface area contributed by atoms with E-state index < -0.39 is 5.82 Å². The highest BCUT2D eigenvalue weighted by atomic mass is 19.1. The summed E-state index contributed by atoms with van der Waals surface area (Å²) in [6, 6.07) is 8.88. The molecule has 0 unspecified atom stereocenters. The van der Waals surface area contributed by atoms with Crippen LogP contribution in [-0.4, -0.2) is 27.8 Å². The third-order valence-corrected chi connectivity index (χ3v) is 5.26. The average molecular weight is 360 g/mol. The molecule has 27 heavy (non-hydrogen) atoms. The molecular formula is C20H17FN6. The Morgan fingerprint density at radius 3 is 3.00 bits per heavy atom. The lowest BCUT2D eigenvalue weighted by atomic mass is 10.0. The molecule has 0 radical (unpaired) electrons. The summed E-state index contributed by atoms with van der Waals surface area (Å²) in [5, 5.41) is 20.2. The maximum absolute atomic E-state index is 13.6. The van der Waals surface area contributed by atoms with Crippen molar-refractivity contribution in [2.75, 3.05) is 13.2 Å². The van der Waals surface area contributed by atoms with Crippen LogP contribution >= 0.6 is 0 Å². The molecular weight excluding hydrogens is 343 g/mol. The zero-order valence-electron chi connectivity index (χ0n) is 14.5. The van der Waals surface area contributed by atoms with Crippen molar-refractivity contribution in [3.05, 3.63) is 71.1 Å². The molecule has 0 saturated heterocycles. The fourth-order valence-electron chi connectivity index (χ4n) is 3.80. The molecule has 1 saturated carbocycles. The van der Waals surface area contributed by atoms with Crippen LogP contribution < -0.4 is 10.6 Å². The molecule has 0 spiro atoms. The summed E-state index contributed by atoms with van der Waals surface area (Å²) in [6.07, 6.45) is 6.56. The molecule has 134 valence electrons. The van der Waals surface area contributed by atoms with Crippen molar-refractivity contribution in [3.63, 3.8) is 0 Å². The molecule has 1 fully saturated rings. The third kappa shape index (κ3) is 2.75. The molecule has 2 aliphatic rings. The van der Waals surface area contributed by atoms with E-state index in [4.69, 9.17) is 5.26 Å². The van der Waals surface area contributed by atoms with E-state index in [0.717, 1.165) is 47.7 Å². The number of hydrogen-bond donors (Lipinski definition) is 2. The summed E-state index contributed by atoms with van der Waals surface area (Å²) in [6.45, 7) is 1.51. The van der Waals surface area contributed by atoms with Crippen LogP contribution in [0.1, 0.15) is 40.6 Å². The van der Waals surface area contributed by atoms with Gasteiger partial charge >= 0.3 is 0 Å². The van der Waals surface area contributed by atoms with Crippen molar-refractivity contribution < 1.29 is 4.39 Å². The number of imidazole rings is 1. The lowest BCUT2D eigenvalue weighted by Crippen LogP contribution is -2.32. The standard InChI is InChI=1S/C20H17FN6/c21-18-2-1-12(5-13(18)8-22)15-6-16(15)17-7-19(14-9-23-11-24-10-14)26-27-4-3-25-20(17)27/h1-5,7,9,15-16,23-24H,6,10-11H2/t15-,16+/m0/s1. The molecule has 3 aromatic rings. The second-order valence-corrected chi connectivity index (χ2v) is 6.96. The van der Waals surface area contributed by atoms with Gasteiger partial charge in [-0.2, -0.15) is 10.4 Å². The molecule has 0 bridgehead atoms. The maximum Gasteiger partial charge on any atom is 0.156 e. The van der Waals surface area contributed by atoms with Crippen molar-refractivity contribution in [1.29, 1.82) is 5.26 Å². The second kappa shape index (κ2) is 6.18. The van der Waals surface area contributed by atoms with Crippen molar-refractivity contribution in [1.82, 2.24) is 25.2 Å².